The minimum Gasteiger partial charge on any atom is -0.101 e. The smallest absolute Gasteiger partial charge is 0.101 e. The normalized spacial score (nSPS) is 11.1. The molecule has 0 fully saturated rings. The summed E-state index contributed by atoms with van der Waals surface area (Å²) in [6.07, 6.45) is 2.15. The molecule has 29 heavy (non-hydrogen) atoms. The SMILES string of the molecule is Cc1cc(C)c(-n2cc(-c3ccccc3)[n+](-c3c(C)cc(C)cc3C)n2)c(C)c1. The van der Waals surface area contributed by atoms with Gasteiger partial charge in [0.1, 0.15) is 5.21 Å². The average Bonchev–Trinajstić information content (AvgIpc) is 3.05. The fourth-order valence-electron chi connectivity index (χ4n) is 4.46. The van der Waals surface area contributed by atoms with E-state index >= 15 is 0 Å². The van der Waals surface area contributed by atoms with Gasteiger partial charge in [0.25, 0.3) is 0 Å². The first kappa shape index (κ1) is 19.1. The number of benzene rings is 3. The largest absolute Gasteiger partial charge is 0.205 e. The molecule has 1 heterocycles. The van der Waals surface area contributed by atoms with Gasteiger partial charge in [0, 0.05) is 5.56 Å². The first-order valence-electron chi connectivity index (χ1n) is 10.1. The molecule has 0 bridgehead atoms. The zero-order chi connectivity index (χ0) is 20.7. The Hall–Kier alpha value is -3.20. The highest BCUT2D eigenvalue weighted by molar-refractivity contribution is 5.58. The van der Waals surface area contributed by atoms with Crippen molar-refractivity contribution in [3.63, 3.8) is 0 Å². The molecule has 4 aromatic rings. The number of rotatable bonds is 3. The van der Waals surface area contributed by atoms with Gasteiger partial charge in [-0.15, -0.1) is 4.68 Å². The van der Waals surface area contributed by atoms with Crippen LogP contribution in [-0.4, -0.2) is 9.90 Å². The first-order chi connectivity index (χ1) is 13.8. The minimum absolute atomic E-state index is 1.08. The van der Waals surface area contributed by atoms with Crippen LogP contribution < -0.4 is 4.68 Å². The van der Waals surface area contributed by atoms with Crippen molar-refractivity contribution in [1.82, 2.24) is 9.90 Å². The Morgan fingerprint density at radius 3 is 1.76 bits per heavy atom. The second-order valence-corrected chi connectivity index (χ2v) is 8.12. The summed E-state index contributed by atoms with van der Waals surface area (Å²) in [7, 11) is 0. The topological polar surface area (TPSA) is 21.7 Å². The van der Waals surface area contributed by atoms with Gasteiger partial charge < -0.3 is 0 Å². The zero-order valence-corrected chi connectivity index (χ0v) is 18.1. The summed E-state index contributed by atoms with van der Waals surface area (Å²) in [6.45, 7) is 12.9. The van der Waals surface area contributed by atoms with Crippen molar-refractivity contribution >= 4 is 0 Å². The number of nitrogens with zero attached hydrogens (tertiary/aromatic N) is 3. The monoisotopic (exact) mass is 382 g/mol. The number of hydrogen-bond acceptors (Lipinski definition) is 1. The lowest BCUT2D eigenvalue weighted by Gasteiger charge is -2.08. The van der Waals surface area contributed by atoms with Crippen molar-refractivity contribution in [1.29, 1.82) is 0 Å². The molecule has 0 aliphatic heterocycles. The van der Waals surface area contributed by atoms with Crippen LogP contribution in [0.3, 0.4) is 0 Å². The number of hydrogen-bond donors (Lipinski definition) is 0. The Morgan fingerprint density at radius 2 is 1.21 bits per heavy atom. The third-order valence-corrected chi connectivity index (χ3v) is 5.44. The molecule has 3 nitrogen and oxygen atoms in total. The van der Waals surface area contributed by atoms with Crippen molar-refractivity contribution in [2.75, 3.05) is 0 Å². The Morgan fingerprint density at radius 1 is 0.690 bits per heavy atom. The second kappa shape index (κ2) is 7.32. The maximum absolute atomic E-state index is 5.06. The van der Waals surface area contributed by atoms with Gasteiger partial charge in [-0.05, 0) is 63.8 Å². The Kier molecular flexibility index (Phi) is 4.83. The minimum atomic E-state index is 1.08. The van der Waals surface area contributed by atoms with Crippen molar-refractivity contribution in [2.45, 2.75) is 41.5 Å². The second-order valence-electron chi connectivity index (χ2n) is 8.12. The molecule has 3 aromatic carbocycles. The maximum Gasteiger partial charge on any atom is 0.205 e. The van der Waals surface area contributed by atoms with Crippen LogP contribution in [0.1, 0.15) is 33.4 Å². The van der Waals surface area contributed by atoms with Crippen LogP contribution in [0, 0.1) is 41.5 Å². The van der Waals surface area contributed by atoms with Gasteiger partial charge in [-0.3, -0.25) is 0 Å². The first-order valence-corrected chi connectivity index (χ1v) is 10.1. The molecule has 0 radical (unpaired) electrons. The fourth-order valence-corrected chi connectivity index (χ4v) is 4.46. The van der Waals surface area contributed by atoms with E-state index in [2.05, 4.69) is 107 Å². The van der Waals surface area contributed by atoms with Crippen LogP contribution in [0.25, 0.3) is 22.6 Å². The van der Waals surface area contributed by atoms with Gasteiger partial charge in [-0.1, -0.05) is 70.4 Å². The van der Waals surface area contributed by atoms with Crippen molar-refractivity contribution in [3.05, 3.63) is 94.2 Å². The summed E-state index contributed by atoms with van der Waals surface area (Å²) >= 11 is 0. The molecule has 0 saturated heterocycles. The van der Waals surface area contributed by atoms with E-state index in [4.69, 9.17) is 5.21 Å². The molecule has 0 saturated carbocycles. The van der Waals surface area contributed by atoms with E-state index in [1.165, 1.54) is 33.4 Å². The van der Waals surface area contributed by atoms with Crippen molar-refractivity contribution in [2.24, 2.45) is 0 Å². The molecule has 4 rings (SSSR count). The summed E-state index contributed by atoms with van der Waals surface area (Å²) in [6, 6.07) is 19.4. The summed E-state index contributed by atoms with van der Waals surface area (Å²) in [5.74, 6) is 0. The molecule has 0 atom stereocenters. The number of aryl methyl sites for hydroxylation is 6. The molecule has 0 amide bonds. The van der Waals surface area contributed by atoms with E-state index in [0.29, 0.717) is 0 Å². The Bertz CT molecular complexity index is 1150. The predicted octanol–water partition coefficient (Wildman–Crippen LogP) is 5.67. The van der Waals surface area contributed by atoms with E-state index in [9.17, 15) is 0 Å². The maximum atomic E-state index is 5.06. The van der Waals surface area contributed by atoms with Crippen LogP contribution in [0.4, 0.5) is 0 Å². The molecule has 146 valence electrons. The quantitative estimate of drug-likeness (QED) is 0.419. The lowest BCUT2D eigenvalue weighted by Crippen LogP contribution is -2.37. The highest BCUT2D eigenvalue weighted by Crippen LogP contribution is 2.25. The van der Waals surface area contributed by atoms with Gasteiger partial charge >= 0.3 is 0 Å². The van der Waals surface area contributed by atoms with E-state index in [0.717, 1.165) is 22.6 Å². The average molecular weight is 383 g/mol. The van der Waals surface area contributed by atoms with E-state index in [1.54, 1.807) is 0 Å². The molecule has 0 spiro atoms. The van der Waals surface area contributed by atoms with Crippen LogP contribution in [-0.2, 0) is 0 Å². The predicted molar refractivity (Wildman–Crippen MR) is 119 cm³/mol. The third kappa shape index (κ3) is 3.49. The fraction of sp³-hybridized carbons (Fsp3) is 0.231. The summed E-state index contributed by atoms with van der Waals surface area (Å²) < 4.78 is 4.13. The highest BCUT2D eigenvalue weighted by Gasteiger charge is 2.25. The Balaban J connectivity index is 2.02. The lowest BCUT2D eigenvalue weighted by molar-refractivity contribution is -0.651. The van der Waals surface area contributed by atoms with Gasteiger partial charge in [0.05, 0.1) is 0 Å². The van der Waals surface area contributed by atoms with Crippen LogP contribution in [0.2, 0.25) is 0 Å². The highest BCUT2D eigenvalue weighted by atomic mass is 15.5. The zero-order valence-electron chi connectivity index (χ0n) is 18.1. The van der Waals surface area contributed by atoms with E-state index in [-0.39, 0.29) is 0 Å². The van der Waals surface area contributed by atoms with Gasteiger partial charge in [-0.2, -0.15) is 0 Å². The standard InChI is InChI=1S/C26H28N3/c1-17-12-19(3)25(20(4)13-17)28-16-24(23-10-8-7-9-11-23)29(27-28)26-21(5)14-18(2)15-22(26)6/h7-16H,1-6H3/q+1. The summed E-state index contributed by atoms with van der Waals surface area (Å²) in [4.78, 5) is 0. The third-order valence-electron chi connectivity index (χ3n) is 5.44. The van der Waals surface area contributed by atoms with Crippen LogP contribution in [0.5, 0.6) is 0 Å². The van der Waals surface area contributed by atoms with Crippen LogP contribution >= 0.6 is 0 Å². The molecule has 0 aliphatic carbocycles. The number of aromatic nitrogens is 3. The molecule has 1 aromatic heterocycles. The molecular weight excluding hydrogens is 354 g/mol. The molecule has 0 aliphatic rings. The van der Waals surface area contributed by atoms with Crippen molar-refractivity contribution < 1.29 is 4.68 Å². The van der Waals surface area contributed by atoms with E-state index < -0.39 is 0 Å². The van der Waals surface area contributed by atoms with Crippen LogP contribution in [0.15, 0.2) is 60.8 Å². The molecule has 0 N–H and O–H groups in total. The lowest BCUT2D eigenvalue weighted by atomic mass is 10.0. The summed E-state index contributed by atoms with van der Waals surface area (Å²) in [5.41, 5.74) is 12.0. The molecule has 0 unspecified atom stereocenters. The van der Waals surface area contributed by atoms with Gasteiger partial charge in [0.15, 0.2) is 17.6 Å². The van der Waals surface area contributed by atoms with Crippen molar-refractivity contribution in [3.8, 4) is 22.6 Å². The molecular formula is C26H28N3+. The molecule has 3 heteroatoms. The summed E-state index contributed by atoms with van der Waals surface area (Å²) in [5, 5.41) is 5.06. The Labute approximate surface area is 173 Å². The van der Waals surface area contributed by atoms with Gasteiger partial charge in [0.2, 0.25) is 5.69 Å². The van der Waals surface area contributed by atoms with E-state index in [1.807, 2.05) is 4.68 Å². The van der Waals surface area contributed by atoms with Gasteiger partial charge in [-0.25, -0.2) is 0 Å².